The number of hydrogen-bond donors (Lipinski definition) is 2. The molecule has 4 aromatic rings. The Labute approximate surface area is 214 Å². The number of carbonyl (C=O) groups is 1. The molecule has 0 bridgehead atoms. The summed E-state index contributed by atoms with van der Waals surface area (Å²) in [5, 5.41) is 6.57. The number of benzene rings is 3. The van der Waals surface area contributed by atoms with Crippen LogP contribution < -0.4 is 25.7 Å². The molecule has 2 N–H and O–H groups in total. The Bertz CT molecular complexity index is 1460. The minimum Gasteiger partial charge on any atom is -0.496 e. The summed E-state index contributed by atoms with van der Waals surface area (Å²) in [5.41, 5.74) is 2.06. The van der Waals surface area contributed by atoms with Crippen molar-refractivity contribution in [1.82, 2.24) is 5.32 Å². The largest absolute Gasteiger partial charge is 0.496 e. The molecule has 1 aromatic heterocycles. The van der Waals surface area contributed by atoms with Gasteiger partial charge in [0.05, 0.1) is 19.3 Å². The monoisotopic (exact) mass is 502 g/mol. The summed E-state index contributed by atoms with van der Waals surface area (Å²) < 4.78 is 16.6. The molecule has 1 heterocycles. The maximum atomic E-state index is 12.6. The topological polar surface area (TPSA) is 89.8 Å². The van der Waals surface area contributed by atoms with Gasteiger partial charge in [0.25, 0.3) is 5.91 Å². The minimum atomic E-state index is -0.462. The van der Waals surface area contributed by atoms with E-state index in [9.17, 15) is 9.59 Å². The number of nitrogens with one attached hydrogen (secondary N) is 2. The number of fused-ring (bicyclic) bond motifs is 1. The van der Waals surface area contributed by atoms with E-state index in [1.165, 1.54) is 7.11 Å². The van der Waals surface area contributed by atoms with E-state index >= 15 is 0 Å². The number of methoxy groups -OCH3 is 1. The molecule has 0 aliphatic heterocycles. The van der Waals surface area contributed by atoms with Crippen molar-refractivity contribution in [2.45, 2.75) is 13.8 Å². The molecule has 184 valence electrons. The normalized spacial score (nSPS) is 10.8. The van der Waals surface area contributed by atoms with E-state index in [-0.39, 0.29) is 11.0 Å². The van der Waals surface area contributed by atoms with Gasteiger partial charge in [-0.25, -0.2) is 4.79 Å². The second kappa shape index (κ2) is 11.0. The smallest absolute Gasteiger partial charge is 0.344 e. The van der Waals surface area contributed by atoms with Crippen LogP contribution in [0.3, 0.4) is 0 Å². The van der Waals surface area contributed by atoms with Gasteiger partial charge in [0.1, 0.15) is 17.1 Å². The Hall–Kier alpha value is -4.17. The summed E-state index contributed by atoms with van der Waals surface area (Å²) in [6.07, 6.45) is 0. The highest BCUT2D eigenvalue weighted by molar-refractivity contribution is 7.80. The first kappa shape index (κ1) is 24.9. The molecule has 0 spiro atoms. The maximum Gasteiger partial charge on any atom is 0.344 e. The van der Waals surface area contributed by atoms with Crippen LogP contribution in [0.5, 0.6) is 11.5 Å². The van der Waals surface area contributed by atoms with E-state index in [0.29, 0.717) is 52.0 Å². The summed E-state index contributed by atoms with van der Waals surface area (Å²) in [4.78, 5) is 25.2. The average Bonchev–Trinajstić information content (AvgIpc) is 2.87. The molecule has 0 unspecified atom stereocenters. The molecule has 0 fully saturated rings. The van der Waals surface area contributed by atoms with E-state index < -0.39 is 5.63 Å². The van der Waals surface area contributed by atoms with Crippen LogP contribution in [0.15, 0.2) is 82.0 Å². The van der Waals surface area contributed by atoms with E-state index in [4.69, 9.17) is 26.1 Å². The number of anilines is 1. The summed E-state index contributed by atoms with van der Waals surface area (Å²) in [6.45, 7) is 4.74. The van der Waals surface area contributed by atoms with Crippen LogP contribution in [0.4, 0.5) is 5.69 Å². The lowest BCUT2D eigenvalue weighted by Gasteiger charge is -2.13. The Balaban J connectivity index is 1.45. The van der Waals surface area contributed by atoms with E-state index in [0.717, 1.165) is 5.39 Å². The Kier molecular flexibility index (Phi) is 7.65. The van der Waals surface area contributed by atoms with Crippen molar-refractivity contribution in [1.29, 1.82) is 0 Å². The highest BCUT2D eigenvalue weighted by Gasteiger charge is 2.14. The Morgan fingerprint density at radius 2 is 1.75 bits per heavy atom. The second-order valence-electron chi connectivity index (χ2n) is 8.54. The molecule has 8 heteroatoms. The predicted octanol–water partition coefficient (Wildman–Crippen LogP) is 5.63. The SMILES string of the molecule is COc1cc(NC(=S)NC(=O)c2ccc(OCC(C)C)cc2)ccc1-c1cc2ccccc2oc1=O. The Morgan fingerprint density at radius 3 is 2.47 bits per heavy atom. The lowest BCUT2D eigenvalue weighted by atomic mass is 10.0. The first-order valence-corrected chi connectivity index (χ1v) is 11.8. The summed E-state index contributed by atoms with van der Waals surface area (Å²) >= 11 is 5.31. The zero-order valence-electron chi connectivity index (χ0n) is 20.2. The van der Waals surface area contributed by atoms with E-state index in [1.807, 2.05) is 18.2 Å². The van der Waals surface area contributed by atoms with Gasteiger partial charge in [-0.2, -0.15) is 0 Å². The van der Waals surface area contributed by atoms with Gasteiger partial charge >= 0.3 is 5.63 Å². The van der Waals surface area contributed by atoms with Crippen LogP contribution in [-0.4, -0.2) is 24.7 Å². The van der Waals surface area contributed by atoms with Gasteiger partial charge in [-0.1, -0.05) is 32.0 Å². The summed E-state index contributed by atoms with van der Waals surface area (Å²) in [5.74, 6) is 1.22. The van der Waals surface area contributed by atoms with Gasteiger partial charge in [-0.3, -0.25) is 10.1 Å². The molecule has 0 saturated carbocycles. The molecule has 0 aliphatic rings. The van der Waals surface area contributed by atoms with Crippen molar-refractivity contribution in [3.8, 4) is 22.6 Å². The van der Waals surface area contributed by atoms with E-state index in [1.54, 1.807) is 54.6 Å². The zero-order chi connectivity index (χ0) is 25.7. The van der Waals surface area contributed by atoms with Gasteiger partial charge in [-0.05, 0) is 66.7 Å². The number of hydrogen-bond acceptors (Lipinski definition) is 6. The first-order valence-electron chi connectivity index (χ1n) is 11.4. The number of para-hydroxylation sites is 1. The summed E-state index contributed by atoms with van der Waals surface area (Å²) in [6, 6.07) is 21.1. The molecule has 4 rings (SSSR count). The quantitative estimate of drug-likeness (QED) is 0.250. The number of thiocarbonyl (C=S) groups is 1. The van der Waals surface area contributed by atoms with Crippen molar-refractivity contribution in [3.63, 3.8) is 0 Å². The van der Waals surface area contributed by atoms with Gasteiger partial charge in [0.15, 0.2) is 5.11 Å². The lowest BCUT2D eigenvalue weighted by Crippen LogP contribution is -2.34. The van der Waals surface area contributed by atoms with Crippen LogP contribution in [0.2, 0.25) is 0 Å². The van der Waals surface area contributed by atoms with Crippen molar-refractivity contribution in [2.75, 3.05) is 19.0 Å². The standard InChI is InChI=1S/C28H26N2O5S/c1-17(2)16-34-21-11-8-18(9-12-21)26(31)30-28(36)29-20-10-13-22(25(15-20)33-3)23-14-19-6-4-5-7-24(19)35-27(23)32/h4-15,17H,16H2,1-3H3,(H2,29,30,31,36). The maximum absolute atomic E-state index is 12.6. The van der Waals surface area contributed by atoms with Gasteiger partial charge in [0, 0.05) is 28.3 Å². The molecular formula is C28H26N2O5S. The van der Waals surface area contributed by atoms with Crippen molar-refractivity contribution in [2.24, 2.45) is 5.92 Å². The average molecular weight is 503 g/mol. The molecule has 36 heavy (non-hydrogen) atoms. The van der Waals surface area contributed by atoms with Crippen LogP contribution in [0.25, 0.3) is 22.1 Å². The molecular weight excluding hydrogens is 476 g/mol. The van der Waals surface area contributed by atoms with Gasteiger partial charge in [0.2, 0.25) is 0 Å². The number of rotatable bonds is 7. The highest BCUT2D eigenvalue weighted by atomic mass is 32.1. The Morgan fingerprint density at radius 1 is 1.00 bits per heavy atom. The minimum absolute atomic E-state index is 0.125. The fraction of sp³-hybridized carbons (Fsp3) is 0.179. The highest BCUT2D eigenvalue weighted by Crippen LogP contribution is 2.32. The molecule has 0 radical (unpaired) electrons. The van der Waals surface area contributed by atoms with Crippen LogP contribution in [0.1, 0.15) is 24.2 Å². The predicted molar refractivity (Wildman–Crippen MR) is 145 cm³/mol. The molecule has 0 saturated heterocycles. The third-order valence-corrected chi connectivity index (χ3v) is 5.52. The van der Waals surface area contributed by atoms with Crippen LogP contribution in [0, 0.1) is 5.92 Å². The van der Waals surface area contributed by atoms with Crippen LogP contribution in [-0.2, 0) is 0 Å². The van der Waals surface area contributed by atoms with Gasteiger partial charge < -0.3 is 19.2 Å². The van der Waals surface area contributed by atoms with Gasteiger partial charge in [-0.15, -0.1) is 0 Å². The fourth-order valence-corrected chi connectivity index (χ4v) is 3.75. The molecule has 0 atom stereocenters. The fourth-order valence-electron chi connectivity index (χ4n) is 3.54. The van der Waals surface area contributed by atoms with Crippen molar-refractivity contribution in [3.05, 3.63) is 88.8 Å². The zero-order valence-corrected chi connectivity index (χ0v) is 21.0. The summed E-state index contributed by atoms with van der Waals surface area (Å²) in [7, 11) is 1.51. The van der Waals surface area contributed by atoms with Crippen molar-refractivity contribution >= 4 is 39.9 Å². The molecule has 0 aliphatic carbocycles. The van der Waals surface area contributed by atoms with Crippen LogP contribution >= 0.6 is 12.2 Å². The third kappa shape index (κ3) is 5.90. The number of ether oxygens (including phenoxy) is 2. The van der Waals surface area contributed by atoms with Crippen molar-refractivity contribution < 1.29 is 18.7 Å². The first-order chi connectivity index (χ1) is 17.3. The number of carbonyl (C=O) groups excluding carboxylic acids is 1. The molecule has 1 amide bonds. The van der Waals surface area contributed by atoms with E-state index in [2.05, 4.69) is 24.5 Å². The molecule has 7 nitrogen and oxygen atoms in total. The third-order valence-electron chi connectivity index (χ3n) is 5.32. The molecule has 3 aromatic carbocycles. The lowest BCUT2D eigenvalue weighted by molar-refractivity contribution is 0.0977. The number of amides is 1. The second-order valence-corrected chi connectivity index (χ2v) is 8.95.